The highest BCUT2D eigenvalue weighted by Crippen LogP contribution is 2.44. The van der Waals surface area contributed by atoms with Crippen LogP contribution in [-0.2, 0) is 0 Å². The number of hydrogen-bond donors (Lipinski definition) is 0. The van der Waals surface area contributed by atoms with Crippen LogP contribution in [0.15, 0.2) is 57.9 Å². The Kier molecular flexibility index (Phi) is 3.98. The van der Waals surface area contributed by atoms with Gasteiger partial charge in [0.05, 0.1) is 37.0 Å². The Morgan fingerprint density at radius 2 is 1.77 bits per heavy atom. The van der Waals surface area contributed by atoms with Gasteiger partial charge in [-0.15, -0.1) is 11.3 Å². The second kappa shape index (κ2) is 6.32. The third kappa shape index (κ3) is 2.74. The van der Waals surface area contributed by atoms with E-state index in [9.17, 15) is 20.2 Å². The number of nitrogens with zero attached hydrogens (tertiary/aromatic N) is 4. The lowest BCUT2D eigenvalue weighted by atomic mass is 10.1. The number of thiazole rings is 1. The lowest BCUT2D eigenvalue weighted by Gasteiger charge is -2.05. The molecule has 0 amide bonds. The number of pyridine rings is 1. The van der Waals surface area contributed by atoms with Crippen molar-refractivity contribution in [2.24, 2.45) is 0 Å². The van der Waals surface area contributed by atoms with Crippen LogP contribution in [0.2, 0.25) is 0 Å². The van der Waals surface area contributed by atoms with Gasteiger partial charge in [-0.3, -0.25) is 25.2 Å². The Hall–Kier alpha value is -3.11. The second-order valence-corrected chi connectivity index (χ2v) is 7.50. The normalized spacial score (nSPS) is 11.1. The molecule has 0 bridgehead atoms. The summed E-state index contributed by atoms with van der Waals surface area (Å²) < 4.78 is 1.56. The van der Waals surface area contributed by atoms with E-state index in [0.717, 1.165) is 28.0 Å². The molecule has 2 aromatic heterocycles. The Balaban J connectivity index is 1.95. The number of nitro benzene ring substituents is 2. The third-order valence-corrected chi connectivity index (χ3v) is 5.87. The third-order valence-electron chi connectivity index (χ3n) is 3.66. The van der Waals surface area contributed by atoms with Gasteiger partial charge in [0.1, 0.15) is 4.90 Å². The van der Waals surface area contributed by atoms with E-state index in [4.69, 9.17) is 0 Å². The van der Waals surface area contributed by atoms with Gasteiger partial charge in [0.2, 0.25) is 0 Å². The molecule has 0 N–H and O–H groups in total. The van der Waals surface area contributed by atoms with E-state index in [2.05, 4.69) is 9.97 Å². The predicted molar refractivity (Wildman–Crippen MR) is 98.8 cm³/mol. The Morgan fingerprint density at radius 3 is 2.50 bits per heavy atom. The van der Waals surface area contributed by atoms with Gasteiger partial charge in [-0.1, -0.05) is 12.1 Å². The van der Waals surface area contributed by atoms with E-state index < -0.39 is 9.85 Å². The fraction of sp³-hybridized carbons (Fsp3) is 0. The molecule has 0 atom stereocenters. The van der Waals surface area contributed by atoms with Crippen LogP contribution in [0, 0.1) is 20.2 Å². The topological polar surface area (TPSA) is 112 Å². The number of rotatable bonds is 4. The summed E-state index contributed by atoms with van der Waals surface area (Å²) in [7, 11) is 0. The molecule has 0 fully saturated rings. The van der Waals surface area contributed by atoms with E-state index in [1.807, 2.05) is 24.3 Å². The molecule has 10 heteroatoms. The molecule has 26 heavy (non-hydrogen) atoms. The van der Waals surface area contributed by atoms with Gasteiger partial charge >= 0.3 is 0 Å². The highest BCUT2D eigenvalue weighted by atomic mass is 32.2. The molecule has 0 aliphatic heterocycles. The van der Waals surface area contributed by atoms with Crippen molar-refractivity contribution in [2.45, 2.75) is 9.24 Å². The Labute approximate surface area is 153 Å². The molecule has 0 saturated heterocycles. The summed E-state index contributed by atoms with van der Waals surface area (Å²) in [5.74, 6) is 0. The van der Waals surface area contributed by atoms with Crippen molar-refractivity contribution < 1.29 is 9.85 Å². The molecule has 8 nitrogen and oxygen atoms in total. The first-order valence-electron chi connectivity index (χ1n) is 7.28. The molecule has 4 rings (SSSR count). The summed E-state index contributed by atoms with van der Waals surface area (Å²) in [4.78, 5) is 30.5. The zero-order chi connectivity index (χ0) is 18.3. The Morgan fingerprint density at radius 1 is 1.00 bits per heavy atom. The van der Waals surface area contributed by atoms with Crippen molar-refractivity contribution in [1.29, 1.82) is 0 Å². The van der Waals surface area contributed by atoms with Crippen LogP contribution in [0.4, 0.5) is 11.4 Å². The standard InChI is InChI=1S/C16H8N4O4S2/c21-19(22)11-8-12(20(23)24)15(14-9(11)4-3-7-17-14)26-16-18-10-5-1-2-6-13(10)25-16/h1-8H. The summed E-state index contributed by atoms with van der Waals surface area (Å²) in [6, 6.07) is 11.6. The van der Waals surface area contributed by atoms with Gasteiger partial charge in [-0.05, 0) is 36.0 Å². The lowest BCUT2D eigenvalue weighted by Crippen LogP contribution is -1.98. The van der Waals surface area contributed by atoms with Crippen molar-refractivity contribution >= 4 is 55.6 Å². The van der Waals surface area contributed by atoms with Crippen molar-refractivity contribution in [3.63, 3.8) is 0 Å². The maximum absolute atomic E-state index is 11.5. The lowest BCUT2D eigenvalue weighted by molar-refractivity contribution is -0.394. The van der Waals surface area contributed by atoms with Crippen LogP contribution in [-0.4, -0.2) is 19.8 Å². The molecule has 0 aliphatic rings. The fourth-order valence-electron chi connectivity index (χ4n) is 2.56. The van der Waals surface area contributed by atoms with Crippen LogP contribution in [0.1, 0.15) is 0 Å². The first-order chi connectivity index (χ1) is 12.5. The van der Waals surface area contributed by atoms with E-state index >= 15 is 0 Å². The smallest absolute Gasteiger partial charge is 0.258 e. The van der Waals surface area contributed by atoms with Gasteiger partial charge in [0.25, 0.3) is 11.4 Å². The fourth-order valence-corrected chi connectivity index (χ4v) is 4.76. The highest BCUT2D eigenvalue weighted by Gasteiger charge is 2.27. The molecular formula is C16H8N4O4S2. The molecule has 0 aliphatic carbocycles. The van der Waals surface area contributed by atoms with Crippen LogP contribution in [0.5, 0.6) is 0 Å². The van der Waals surface area contributed by atoms with Gasteiger partial charge in [-0.2, -0.15) is 0 Å². The molecule has 4 aromatic rings. The Bertz CT molecular complexity index is 1160. The highest BCUT2D eigenvalue weighted by molar-refractivity contribution is 8.01. The summed E-state index contributed by atoms with van der Waals surface area (Å²) >= 11 is 2.50. The molecule has 0 saturated carbocycles. The van der Waals surface area contributed by atoms with Gasteiger partial charge < -0.3 is 0 Å². The number of benzene rings is 2. The monoisotopic (exact) mass is 384 g/mol. The van der Waals surface area contributed by atoms with Crippen molar-refractivity contribution in [2.75, 3.05) is 0 Å². The molecular weight excluding hydrogens is 376 g/mol. The van der Waals surface area contributed by atoms with E-state index in [-0.39, 0.29) is 27.2 Å². The van der Waals surface area contributed by atoms with Gasteiger partial charge in [0, 0.05) is 6.20 Å². The minimum absolute atomic E-state index is 0.220. The van der Waals surface area contributed by atoms with Crippen LogP contribution >= 0.6 is 23.1 Å². The average molecular weight is 384 g/mol. The number of hydrogen-bond acceptors (Lipinski definition) is 8. The van der Waals surface area contributed by atoms with Gasteiger partial charge in [-0.25, -0.2) is 4.98 Å². The maximum atomic E-state index is 11.5. The first-order valence-corrected chi connectivity index (χ1v) is 8.92. The minimum atomic E-state index is -0.636. The van der Waals surface area contributed by atoms with Crippen LogP contribution in [0.3, 0.4) is 0 Å². The summed E-state index contributed by atoms with van der Waals surface area (Å²) in [5.41, 5.74) is 0.320. The largest absolute Gasteiger partial charge is 0.292 e. The summed E-state index contributed by atoms with van der Waals surface area (Å²) in [5, 5.41) is 23.1. The molecule has 128 valence electrons. The molecule has 0 radical (unpaired) electrons. The van der Waals surface area contributed by atoms with E-state index in [1.165, 1.54) is 23.6 Å². The van der Waals surface area contributed by atoms with E-state index in [1.54, 1.807) is 6.07 Å². The zero-order valence-electron chi connectivity index (χ0n) is 12.9. The predicted octanol–water partition coefficient (Wildman–Crippen LogP) is 4.81. The van der Waals surface area contributed by atoms with Crippen molar-refractivity contribution in [3.05, 3.63) is 68.9 Å². The molecule has 2 heterocycles. The first kappa shape index (κ1) is 16.4. The maximum Gasteiger partial charge on any atom is 0.292 e. The number of fused-ring (bicyclic) bond motifs is 2. The minimum Gasteiger partial charge on any atom is -0.258 e. The van der Waals surface area contributed by atoms with Gasteiger partial charge in [0.15, 0.2) is 4.34 Å². The number of non-ortho nitro benzene ring substituents is 1. The van der Waals surface area contributed by atoms with E-state index in [0.29, 0.717) is 4.34 Å². The molecule has 2 aromatic carbocycles. The quantitative estimate of drug-likeness (QED) is 0.366. The van der Waals surface area contributed by atoms with Crippen molar-refractivity contribution in [3.8, 4) is 0 Å². The summed E-state index contributed by atoms with van der Waals surface area (Å²) in [6.45, 7) is 0. The second-order valence-electron chi connectivity index (χ2n) is 5.21. The SMILES string of the molecule is O=[N+]([O-])c1cc([N+](=O)[O-])c2cccnc2c1Sc1nc2ccccc2s1. The van der Waals surface area contributed by atoms with Crippen LogP contribution < -0.4 is 0 Å². The molecule has 0 unspecified atom stereocenters. The molecule has 0 spiro atoms. The van der Waals surface area contributed by atoms with Crippen molar-refractivity contribution in [1.82, 2.24) is 9.97 Å². The zero-order valence-corrected chi connectivity index (χ0v) is 14.5. The number of aromatic nitrogens is 2. The van der Waals surface area contributed by atoms with Crippen LogP contribution in [0.25, 0.3) is 21.1 Å². The number of para-hydroxylation sites is 1. The summed E-state index contributed by atoms with van der Waals surface area (Å²) in [6.07, 6.45) is 1.46. The number of nitro groups is 2. The average Bonchev–Trinajstić information content (AvgIpc) is 3.03.